The van der Waals surface area contributed by atoms with E-state index >= 15 is 0 Å². The van der Waals surface area contributed by atoms with Crippen LogP contribution in [0.2, 0.25) is 0 Å². The fraction of sp³-hybridized carbons (Fsp3) is 0.316. The van der Waals surface area contributed by atoms with Crippen LogP contribution in [-0.2, 0) is 27.8 Å². The molecule has 26 heavy (non-hydrogen) atoms. The number of rotatable bonds is 5. The summed E-state index contributed by atoms with van der Waals surface area (Å²) in [6, 6.07) is 11.1. The number of sulfonamides is 1. The van der Waals surface area contributed by atoms with E-state index in [0.717, 1.165) is 16.7 Å². The molecule has 2 aromatic carbocycles. The first-order chi connectivity index (χ1) is 12.3. The van der Waals surface area contributed by atoms with Crippen molar-refractivity contribution >= 4 is 37.5 Å². The molecule has 5 nitrogen and oxygen atoms in total. The second-order valence-electron chi connectivity index (χ2n) is 6.37. The maximum absolute atomic E-state index is 13.0. The van der Waals surface area contributed by atoms with Gasteiger partial charge in [0.15, 0.2) is 0 Å². The van der Waals surface area contributed by atoms with E-state index in [9.17, 15) is 13.2 Å². The number of carbonyl (C=O) groups excluding carboxylic acids is 1. The molecule has 1 amide bonds. The molecule has 0 bridgehead atoms. The molecule has 0 saturated heterocycles. The topological polar surface area (TPSA) is 66.5 Å². The van der Waals surface area contributed by atoms with Gasteiger partial charge in [-0.05, 0) is 36.6 Å². The van der Waals surface area contributed by atoms with E-state index in [0.29, 0.717) is 29.5 Å². The van der Waals surface area contributed by atoms with E-state index in [-0.39, 0.29) is 17.3 Å². The highest BCUT2D eigenvalue weighted by Crippen LogP contribution is 2.37. The number of nitrogens with zero attached hydrogens (tertiary/aromatic N) is 1. The van der Waals surface area contributed by atoms with Crippen LogP contribution in [0, 0.1) is 6.92 Å². The molecule has 1 heterocycles. The molecular weight excluding hydrogens is 416 g/mol. The zero-order valence-corrected chi connectivity index (χ0v) is 17.2. The zero-order chi connectivity index (χ0) is 18.9. The lowest BCUT2D eigenvalue weighted by Gasteiger charge is -2.20. The van der Waals surface area contributed by atoms with Crippen LogP contribution in [0.3, 0.4) is 0 Å². The fourth-order valence-electron chi connectivity index (χ4n) is 3.08. The Hall–Kier alpha value is -1.70. The van der Waals surface area contributed by atoms with Gasteiger partial charge in [0.05, 0.1) is 5.69 Å². The molecule has 7 heteroatoms. The molecule has 1 N–H and O–H groups in total. The maximum atomic E-state index is 13.0. The highest BCUT2D eigenvalue weighted by atomic mass is 79.9. The molecule has 0 atom stereocenters. The van der Waals surface area contributed by atoms with E-state index < -0.39 is 10.0 Å². The summed E-state index contributed by atoms with van der Waals surface area (Å²) in [5.74, 6) is -0.0685. The Morgan fingerprint density at radius 2 is 1.92 bits per heavy atom. The molecule has 2 aromatic rings. The summed E-state index contributed by atoms with van der Waals surface area (Å²) in [6.07, 6.45) is 0.993. The molecule has 1 aliphatic rings. The van der Waals surface area contributed by atoms with Crippen molar-refractivity contribution in [3.05, 3.63) is 57.6 Å². The predicted molar refractivity (Wildman–Crippen MR) is 106 cm³/mol. The van der Waals surface area contributed by atoms with Crippen LogP contribution in [0.4, 0.5) is 5.69 Å². The Morgan fingerprint density at radius 1 is 1.23 bits per heavy atom. The summed E-state index contributed by atoms with van der Waals surface area (Å²) in [5.41, 5.74) is 3.38. The van der Waals surface area contributed by atoms with Crippen molar-refractivity contribution < 1.29 is 13.2 Å². The van der Waals surface area contributed by atoms with E-state index in [1.54, 1.807) is 17.9 Å². The number of nitrogens with one attached hydrogen (secondary N) is 1. The van der Waals surface area contributed by atoms with Gasteiger partial charge < -0.3 is 4.90 Å². The number of anilines is 1. The van der Waals surface area contributed by atoms with E-state index in [1.165, 1.54) is 0 Å². The number of halogens is 1. The number of amides is 1. The number of aryl methyl sites for hydroxylation is 1. The van der Waals surface area contributed by atoms with Crippen molar-refractivity contribution in [2.45, 2.75) is 38.1 Å². The molecule has 3 rings (SSSR count). The number of carbonyl (C=O) groups is 1. The van der Waals surface area contributed by atoms with Crippen LogP contribution >= 0.6 is 15.9 Å². The Kier molecular flexibility index (Phi) is 5.50. The normalized spacial score (nSPS) is 13.7. The standard InChI is InChI=1S/C19H21BrN2O3S/c1-3-18(23)22-9-8-15-10-16(20)11-17(19(15)22)26(24,25)21-12-14-6-4-13(2)5-7-14/h4-7,10-11,21H,3,8-9,12H2,1-2H3. The lowest BCUT2D eigenvalue weighted by atomic mass is 10.2. The van der Waals surface area contributed by atoms with Gasteiger partial charge in [-0.15, -0.1) is 0 Å². The molecule has 0 fully saturated rings. The number of fused-ring (bicyclic) bond motifs is 1. The molecule has 0 saturated carbocycles. The molecule has 0 aliphatic carbocycles. The molecule has 0 aromatic heterocycles. The van der Waals surface area contributed by atoms with Gasteiger partial charge in [0.25, 0.3) is 0 Å². The SMILES string of the molecule is CCC(=O)N1CCc2cc(Br)cc(S(=O)(=O)NCc3ccc(C)cc3)c21. The lowest BCUT2D eigenvalue weighted by molar-refractivity contribution is -0.118. The number of hydrogen-bond donors (Lipinski definition) is 1. The third kappa shape index (κ3) is 3.84. The van der Waals surface area contributed by atoms with E-state index in [1.807, 2.05) is 37.3 Å². The Labute approximate surface area is 162 Å². The minimum atomic E-state index is -3.76. The van der Waals surface area contributed by atoms with Gasteiger partial charge in [-0.25, -0.2) is 13.1 Å². The smallest absolute Gasteiger partial charge is 0.242 e. The van der Waals surface area contributed by atoms with Crippen molar-refractivity contribution in [1.29, 1.82) is 0 Å². The van der Waals surface area contributed by atoms with Crippen LogP contribution in [0.5, 0.6) is 0 Å². The van der Waals surface area contributed by atoms with Crippen LogP contribution in [-0.4, -0.2) is 20.9 Å². The average Bonchev–Trinajstić information content (AvgIpc) is 3.03. The summed E-state index contributed by atoms with van der Waals surface area (Å²) in [6.45, 7) is 4.48. The summed E-state index contributed by atoms with van der Waals surface area (Å²) in [5, 5.41) is 0. The molecule has 0 unspecified atom stereocenters. The number of benzene rings is 2. The first-order valence-corrected chi connectivity index (χ1v) is 10.8. The van der Waals surface area contributed by atoms with Gasteiger partial charge in [0.1, 0.15) is 4.90 Å². The molecule has 0 radical (unpaired) electrons. The van der Waals surface area contributed by atoms with Crippen LogP contribution in [0.15, 0.2) is 45.8 Å². The predicted octanol–water partition coefficient (Wildman–Crippen LogP) is 3.54. The second-order valence-corrected chi connectivity index (χ2v) is 9.02. The summed E-state index contributed by atoms with van der Waals surface area (Å²) in [7, 11) is -3.76. The molecule has 138 valence electrons. The Balaban J connectivity index is 1.94. The quantitative estimate of drug-likeness (QED) is 0.779. The summed E-state index contributed by atoms with van der Waals surface area (Å²) < 4.78 is 29.3. The first-order valence-electron chi connectivity index (χ1n) is 8.50. The summed E-state index contributed by atoms with van der Waals surface area (Å²) in [4.78, 5) is 14.0. The van der Waals surface area contributed by atoms with Crippen molar-refractivity contribution in [2.24, 2.45) is 0 Å². The highest BCUT2D eigenvalue weighted by Gasteiger charge is 2.31. The minimum Gasteiger partial charge on any atom is -0.310 e. The van der Waals surface area contributed by atoms with Gasteiger partial charge in [0, 0.05) is 24.0 Å². The van der Waals surface area contributed by atoms with Crippen LogP contribution in [0.25, 0.3) is 0 Å². The molecular formula is C19H21BrN2O3S. The van der Waals surface area contributed by atoms with Crippen molar-refractivity contribution in [1.82, 2.24) is 4.72 Å². The average molecular weight is 437 g/mol. The highest BCUT2D eigenvalue weighted by molar-refractivity contribution is 9.10. The second kappa shape index (κ2) is 7.50. The van der Waals surface area contributed by atoms with Crippen molar-refractivity contribution in [3.63, 3.8) is 0 Å². The van der Waals surface area contributed by atoms with Gasteiger partial charge in [0.2, 0.25) is 15.9 Å². The van der Waals surface area contributed by atoms with E-state index in [2.05, 4.69) is 20.7 Å². The van der Waals surface area contributed by atoms with Gasteiger partial charge in [-0.2, -0.15) is 0 Å². The van der Waals surface area contributed by atoms with E-state index in [4.69, 9.17) is 0 Å². The molecule has 0 spiro atoms. The minimum absolute atomic E-state index is 0.0685. The van der Waals surface area contributed by atoms with Gasteiger partial charge in [-0.3, -0.25) is 4.79 Å². The van der Waals surface area contributed by atoms with Crippen LogP contribution in [0.1, 0.15) is 30.0 Å². The third-order valence-corrected chi connectivity index (χ3v) is 6.35. The Morgan fingerprint density at radius 3 is 2.58 bits per heavy atom. The lowest BCUT2D eigenvalue weighted by Crippen LogP contribution is -2.31. The molecule has 1 aliphatic heterocycles. The maximum Gasteiger partial charge on any atom is 0.242 e. The number of hydrogen-bond acceptors (Lipinski definition) is 3. The third-order valence-electron chi connectivity index (χ3n) is 4.47. The monoisotopic (exact) mass is 436 g/mol. The fourth-order valence-corrected chi connectivity index (χ4v) is 5.02. The largest absolute Gasteiger partial charge is 0.310 e. The Bertz CT molecular complexity index is 940. The van der Waals surface area contributed by atoms with Crippen LogP contribution < -0.4 is 9.62 Å². The van der Waals surface area contributed by atoms with Crippen molar-refractivity contribution in [3.8, 4) is 0 Å². The first kappa shape index (κ1) is 19.1. The zero-order valence-electron chi connectivity index (χ0n) is 14.8. The van der Waals surface area contributed by atoms with Gasteiger partial charge in [-0.1, -0.05) is 52.7 Å². The summed E-state index contributed by atoms with van der Waals surface area (Å²) >= 11 is 3.39. The van der Waals surface area contributed by atoms with Gasteiger partial charge >= 0.3 is 0 Å². The van der Waals surface area contributed by atoms with Crippen molar-refractivity contribution in [2.75, 3.05) is 11.4 Å².